The lowest BCUT2D eigenvalue weighted by molar-refractivity contribution is -0.114. The first-order valence-electron chi connectivity index (χ1n) is 4.28. The summed E-state index contributed by atoms with van der Waals surface area (Å²) in [7, 11) is 1.57. The lowest BCUT2D eigenvalue weighted by Crippen LogP contribution is -2.14. The van der Waals surface area contributed by atoms with Gasteiger partial charge in [-0.25, -0.2) is 0 Å². The van der Waals surface area contributed by atoms with E-state index in [2.05, 4.69) is 10.3 Å². The Morgan fingerprint density at radius 3 is 3.14 bits per heavy atom. The summed E-state index contributed by atoms with van der Waals surface area (Å²) >= 11 is 0. The highest BCUT2D eigenvalue weighted by molar-refractivity contribution is 6.03. The number of methoxy groups -OCH3 is 1. The molecule has 1 amide bonds. The van der Waals surface area contributed by atoms with Gasteiger partial charge in [-0.05, 0) is 6.07 Å². The molecule has 1 aliphatic rings. The van der Waals surface area contributed by atoms with E-state index in [1.165, 1.54) is 0 Å². The molecule has 1 aliphatic heterocycles. The van der Waals surface area contributed by atoms with E-state index in [0.717, 1.165) is 5.56 Å². The fourth-order valence-corrected chi connectivity index (χ4v) is 1.37. The van der Waals surface area contributed by atoms with Crippen LogP contribution in [-0.4, -0.2) is 25.8 Å². The second-order valence-electron chi connectivity index (χ2n) is 2.94. The minimum atomic E-state index is -0.121. The van der Waals surface area contributed by atoms with Crippen LogP contribution in [-0.2, 0) is 4.79 Å². The van der Waals surface area contributed by atoms with Gasteiger partial charge in [-0.2, -0.15) is 0 Å². The van der Waals surface area contributed by atoms with Crippen LogP contribution in [0.2, 0.25) is 0 Å². The van der Waals surface area contributed by atoms with Crippen LogP contribution < -0.4 is 10.1 Å². The van der Waals surface area contributed by atoms with Crippen LogP contribution in [0.15, 0.2) is 23.2 Å². The number of benzene rings is 1. The van der Waals surface area contributed by atoms with E-state index in [0.29, 0.717) is 11.4 Å². The molecule has 1 N–H and O–H groups in total. The topological polar surface area (TPSA) is 50.7 Å². The number of anilines is 1. The Morgan fingerprint density at radius 2 is 2.36 bits per heavy atom. The van der Waals surface area contributed by atoms with E-state index in [1.807, 2.05) is 12.1 Å². The molecule has 0 atom stereocenters. The summed E-state index contributed by atoms with van der Waals surface area (Å²) in [6.45, 7) is 0.165. The smallest absolute Gasteiger partial charge is 0.246 e. The standard InChI is InChI=1S/C10H10N2O2/c1-14-8-4-2-3-7-5-11-6-9(13)12-10(7)8/h2-5H,6H2,1H3,(H,12,13). The van der Waals surface area contributed by atoms with Gasteiger partial charge < -0.3 is 10.1 Å². The predicted octanol–water partition coefficient (Wildman–Crippen LogP) is 1.07. The van der Waals surface area contributed by atoms with E-state index < -0.39 is 0 Å². The molecule has 1 aromatic rings. The van der Waals surface area contributed by atoms with Gasteiger partial charge in [0.1, 0.15) is 12.3 Å². The third-order valence-electron chi connectivity index (χ3n) is 2.01. The predicted molar refractivity (Wildman–Crippen MR) is 54.1 cm³/mol. The molecule has 2 rings (SSSR count). The Hall–Kier alpha value is -1.84. The number of aliphatic imine (C=N–C) groups is 1. The number of amides is 1. The molecule has 72 valence electrons. The molecule has 4 nitrogen and oxygen atoms in total. The molecule has 0 aliphatic carbocycles. The summed E-state index contributed by atoms with van der Waals surface area (Å²) in [4.78, 5) is 15.2. The van der Waals surface area contributed by atoms with Crippen molar-refractivity contribution in [1.82, 2.24) is 0 Å². The number of fused-ring (bicyclic) bond motifs is 1. The van der Waals surface area contributed by atoms with E-state index in [1.54, 1.807) is 19.4 Å². The second-order valence-corrected chi connectivity index (χ2v) is 2.94. The summed E-state index contributed by atoms with van der Waals surface area (Å²) in [6, 6.07) is 5.55. The zero-order valence-electron chi connectivity index (χ0n) is 7.78. The number of carbonyl (C=O) groups excluding carboxylic acids is 1. The number of hydrogen-bond acceptors (Lipinski definition) is 3. The van der Waals surface area contributed by atoms with Crippen LogP contribution >= 0.6 is 0 Å². The first kappa shape index (κ1) is 8.74. The van der Waals surface area contributed by atoms with Crippen molar-refractivity contribution in [3.8, 4) is 5.75 Å². The van der Waals surface area contributed by atoms with E-state index >= 15 is 0 Å². The molecule has 0 spiro atoms. The van der Waals surface area contributed by atoms with Crippen molar-refractivity contribution >= 4 is 17.8 Å². The fourth-order valence-electron chi connectivity index (χ4n) is 1.37. The third-order valence-corrected chi connectivity index (χ3v) is 2.01. The highest BCUT2D eigenvalue weighted by Crippen LogP contribution is 2.27. The Bertz CT molecular complexity index is 399. The van der Waals surface area contributed by atoms with Crippen LogP contribution in [0.25, 0.3) is 0 Å². The molecule has 0 bridgehead atoms. The number of ether oxygens (including phenoxy) is 1. The van der Waals surface area contributed by atoms with E-state index in [9.17, 15) is 4.79 Å². The SMILES string of the molecule is COc1cccc2c1NC(=O)CN=C2. The lowest BCUT2D eigenvalue weighted by Gasteiger charge is -2.09. The van der Waals surface area contributed by atoms with Crippen molar-refractivity contribution in [2.45, 2.75) is 0 Å². The summed E-state index contributed by atoms with van der Waals surface area (Å²) in [5.41, 5.74) is 1.57. The number of carbonyl (C=O) groups is 1. The molecular weight excluding hydrogens is 180 g/mol. The van der Waals surface area contributed by atoms with Gasteiger partial charge in [0.2, 0.25) is 5.91 Å². The Morgan fingerprint density at radius 1 is 1.50 bits per heavy atom. The zero-order valence-corrected chi connectivity index (χ0v) is 7.78. The average molecular weight is 190 g/mol. The second kappa shape index (κ2) is 3.49. The van der Waals surface area contributed by atoms with Crippen molar-refractivity contribution in [1.29, 1.82) is 0 Å². The third kappa shape index (κ3) is 1.46. The summed E-state index contributed by atoms with van der Waals surface area (Å²) in [5, 5.41) is 2.75. The van der Waals surface area contributed by atoms with Gasteiger partial charge in [-0.15, -0.1) is 0 Å². The number of nitrogens with one attached hydrogen (secondary N) is 1. The maximum Gasteiger partial charge on any atom is 0.246 e. The van der Waals surface area contributed by atoms with Gasteiger partial charge in [-0.1, -0.05) is 12.1 Å². The van der Waals surface area contributed by atoms with E-state index in [4.69, 9.17) is 4.74 Å². The van der Waals surface area contributed by atoms with Gasteiger partial charge in [0.05, 0.1) is 12.8 Å². The van der Waals surface area contributed by atoms with E-state index in [-0.39, 0.29) is 12.5 Å². The van der Waals surface area contributed by atoms with Gasteiger partial charge in [0.25, 0.3) is 0 Å². The molecule has 14 heavy (non-hydrogen) atoms. The first-order chi connectivity index (χ1) is 6.81. The molecule has 0 saturated heterocycles. The average Bonchev–Trinajstić information content (AvgIpc) is 2.38. The highest BCUT2D eigenvalue weighted by Gasteiger charge is 2.13. The molecule has 1 aromatic carbocycles. The van der Waals surface area contributed by atoms with Crippen LogP contribution in [0.5, 0.6) is 5.75 Å². The minimum Gasteiger partial charge on any atom is -0.495 e. The first-order valence-corrected chi connectivity index (χ1v) is 4.28. The van der Waals surface area contributed by atoms with Gasteiger partial charge >= 0.3 is 0 Å². The minimum absolute atomic E-state index is 0.121. The maximum absolute atomic E-state index is 11.2. The molecule has 4 heteroatoms. The molecule has 0 saturated carbocycles. The number of nitrogens with zero attached hydrogens (tertiary/aromatic N) is 1. The van der Waals surface area contributed by atoms with Crippen molar-refractivity contribution < 1.29 is 9.53 Å². The molecule has 0 fully saturated rings. The van der Waals surface area contributed by atoms with Crippen LogP contribution in [0.3, 0.4) is 0 Å². The van der Waals surface area contributed by atoms with Crippen LogP contribution in [0.1, 0.15) is 5.56 Å². The van der Waals surface area contributed by atoms with Gasteiger partial charge in [-0.3, -0.25) is 9.79 Å². The monoisotopic (exact) mass is 190 g/mol. The normalized spacial score (nSPS) is 14.2. The van der Waals surface area contributed by atoms with Crippen molar-refractivity contribution in [2.24, 2.45) is 4.99 Å². The summed E-state index contributed by atoms with van der Waals surface area (Å²) in [6.07, 6.45) is 1.68. The Labute approximate surface area is 81.6 Å². The summed E-state index contributed by atoms with van der Waals surface area (Å²) in [5.74, 6) is 0.536. The largest absolute Gasteiger partial charge is 0.495 e. The number of hydrogen-bond donors (Lipinski definition) is 1. The molecule has 0 unspecified atom stereocenters. The quantitative estimate of drug-likeness (QED) is 0.720. The maximum atomic E-state index is 11.2. The molecule has 0 aromatic heterocycles. The Balaban J connectivity index is 2.53. The van der Waals surface area contributed by atoms with Crippen LogP contribution in [0.4, 0.5) is 5.69 Å². The van der Waals surface area contributed by atoms with Gasteiger partial charge in [0.15, 0.2) is 0 Å². The van der Waals surface area contributed by atoms with Crippen LogP contribution in [0, 0.1) is 0 Å². The highest BCUT2D eigenvalue weighted by atomic mass is 16.5. The fraction of sp³-hybridized carbons (Fsp3) is 0.200. The van der Waals surface area contributed by atoms with Crippen molar-refractivity contribution in [3.63, 3.8) is 0 Å². The number of benzodiazepines with no additional fused rings is 1. The van der Waals surface area contributed by atoms with Crippen molar-refractivity contribution in [3.05, 3.63) is 23.8 Å². The molecular formula is C10H10N2O2. The Kier molecular flexibility index (Phi) is 2.18. The molecule has 1 heterocycles. The number of para-hydroxylation sites is 1. The number of rotatable bonds is 1. The zero-order chi connectivity index (χ0) is 9.97. The molecule has 0 radical (unpaired) electrons. The van der Waals surface area contributed by atoms with Crippen molar-refractivity contribution in [2.75, 3.05) is 19.0 Å². The van der Waals surface area contributed by atoms with Gasteiger partial charge in [0, 0.05) is 11.8 Å². The summed E-state index contributed by atoms with van der Waals surface area (Å²) < 4.78 is 5.14. The lowest BCUT2D eigenvalue weighted by atomic mass is 10.2.